The Labute approximate surface area is 205 Å². The highest BCUT2D eigenvalue weighted by molar-refractivity contribution is 5.82. The summed E-state index contributed by atoms with van der Waals surface area (Å²) in [6.07, 6.45) is 9.33. The number of unbranched alkanes of at least 4 members (excludes halogenated alkanes) is 6. The number of hydrogen-bond acceptors (Lipinski definition) is 4. The molecule has 0 aliphatic carbocycles. The molecule has 0 saturated carbocycles. The quantitative estimate of drug-likeness (QED) is 0.188. The summed E-state index contributed by atoms with van der Waals surface area (Å²) in [6.45, 7) is 5.83. The Balaban J connectivity index is 1.97. The van der Waals surface area contributed by atoms with Gasteiger partial charge in [-0.2, -0.15) is 0 Å². The summed E-state index contributed by atoms with van der Waals surface area (Å²) < 4.78 is 12.7. The van der Waals surface area contributed by atoms with Crippen molar-refractivity contribution in [3.8, 4) is 33.8 Å². The Morgan fingerprint density at radius 3 is 1.26 bits per heavy atom. The molecule has 0 saturated heterocycles. The predicted octanol–water partition coefficient (Wildman–Crippen LogP) is 8.10. The molecule has 3 aromatic carbocycles. The Morgan fingerprint density at radius 1 is 0.529 bits per heavy atom. The van der Waals surface area contributed by atoms with E-state index in [9.17, 15) is 0 Å². The van der Waals surface area contributed by atoms with Crippen LogP contribution in [0.5, 0.6) is 11.5 Å². The first kappa shape index (κ1) is 25.5. The molecule has 0 fully saturated rings. The van der Waals surface area contributed by atoms with Gasteiger partial charge in [0.15, 0.2) is 0 Å². The highest BCUT2D eigenvalue weighted by Gasteiger charge is 2.16. The fourth-order valence-corrected chi connectivity index (χ4v) is 4.00. The lowest BCUT2D eigenvalue weighted by Crippen LogP contribution is -2.03. The standard InChI is InChI=1S/C30H40N2O2/c1-3-5-7-9-19-33-29-21-28(24-13-17-26(32)18-14-24)30(34-20-10-8-6-4-2)22-27(29)23-11-15-25(31)16-12-23/h11-18,21-22H,3-10,19-20,31-32H2,1-2H3. The molecule has 0 bridgehead atoms. The van der Waals surface area contributed by atoms with E-state index in [4.69, 9.17) is 20.9 Å². The highest BCUT2D eigenvalue weighted by Crippen LogP contribution is 2.41. The van der Waals surface area contributed by atoms with Crippen LogP contribution in [0.3, 0.4) is 0 Å². The smallest absolute Gasteiger partial charge is 0.128 e. The summed E-state index contributed by atoms with van der Waals surface area (Å²) >= 11 is 0. The van der Waals surface area contributed by atoms with Gasteiger partial charge in [0.1, 0.15) is 11.5 Å². The molecule has 4 N–H and O–H groups in total. The van der Waals surface area contributed by atoms with Gasteiger partial charge < -0.3 is 20.9 Å². The zero-order chi connectivity index (χ0) is 24.2. The van der Waals surface area contributed by atoms with Crippen molar-refractivity contribution in [1.82, 2.24) is 0 Å². The van der Waals surface area contributed by atoms with E-state index in [0.717, 1.165) is 58.0 Å². The van der Waals surface area contributed by atoms with Crippen LogP contribution in [-0.2, 0) is 0 Å². The predicted molar refractivity (Wildman–Crippen MR) is 145 cm³/mol. The second kappa shape index (κ2) is 13.5. The van der Waals surface area contributed by atoms with Crippen molar-refractivity contribution in [2.75, 3.05) is 24.7 Å². The minimum absolute atomic E-state index is 0.695. The normalized spacial score (nSPS) is 10.9. The molecule has 0 heterocycles. The molecular formula is C30H40N2O2. The van der Waals surface area contributed by atoms with Gasteiger partial charge in [0.25, 0.3) is 0 Å². The molecule has 0 aliphatic heterocycles. The van der Waals surface area contributed by atoms with Crippen LogP contribution in [0.15, 0.2) is 60.7 Å². The number of anilines is 2. The number of nitrogens with two attached hydrogens (primary N) is 2. The average Bonchev–Trinajstić information content (AvgIpc) is 2.85. The van der Waals surface area contributed by atoms with Gasteiger partial charge in [0.2, 0.25) is 0 Å². The van der Waals surface area contributed by atoms with Gasteiger partial charge >= 0.3 is 0 Å². The van der Waals surface area contributed by atoms with E-state index in [1.807, 2.05) is 48.5 Å². The number of nitrogen functional groups attached to an aromatic ring is 2. The van der Waals surface area contributed by atoms with Crippen molar-refractivity contribution in [3.05, 3.63) is 60.7 Å². The van der Waals surface area contributed by atoms with Gasteiger partial charge in [-0.3, -0.25) is 0 Å². The van der Waals surface area contributed by atoms with E-state index in [1.165, 1.54) is 38.5 Å². The van der Waals surface area contributed by atoms with Gasteiger partial charge in [0, 0.05) is 22.5 Å². The van der Waals surface area contributed by atoms with Gasteiger partial charge in [-0.05, 0) is 60.4 Å². The number of hydrogen-bond donors (Lipinski definition) is 2. The Kier molecular flexibility index (Phi) is 10.1. The summed E-state index contributed by atoms with van der Waals surface area (Å²) in [7, 11) is 0. The first-order valence-corrected chi connectivity index (χ1v) is 12.8. The summed E-state index contributed by atoms with van der Waals surface area (Å²) in [5.74, 6) is 1.73. The Hall–Kier alpha value is -3.14. The zero-order valence-electron chi connectivity index (χ0n) is 20.8. The molecule has 0 unspecified atom stereocenters. The lowest BCUT2D eigenvalue weighted by molar-refractivity contribution is 0.299. The molecule has 0 amide bonds. The molecule has 0 spiro atoms. The topological polar surface area (TPSA) is 70.5 Å². The van der Waals surface area contributed by atoms with Crippen LogP contribution in [0, 0.1) is 0 Å². The minimum Gasteiger partial charge on any atom is -0.493 e. The number of benzene rings is 3. The third-order valence-corrected chi connectivity index (χ3v) is 6.04. The van der Waals surface area contributed by atoms with Crippen molar-refractivity contribution in [3.63, 3.8) is 0 Å². The molecule has 34 heavy (non-hydrogen) atoms. The molecule has 0 radical (unpaired) electrons. The summed E-state index contributed by atoms with van der Waals surface area (Å²) in [6, 6.07) is 20.1. The van der Waals surface area contributed by atoms with Crippen LogP contribution >= 0.6 is 0 Å². The molecule has 3 aromatic rings. The molecule has 4 heteroatoms. The van der Waals surface area contributed by atoms with Crippen molar-refractivity contribution < 1.29 is 9.47 Å². The lowest BCUT2D eigenvalue weighted by atomic mass is 9.97. The van der Waals surface area contributed by atoms with Gasteiger partial charge in [-0.1, -0.05) is 76.6 Å². The van der Waals surface area contributed by atoms with E-state index in [-0.39, 0.29) is 0 Å². The van der Waals surface area contributed by atoms with Gasteiger partial charge in [0.05, 0.1) is 13.2 Å². The van der Waals surface area contributed by atoms with E-state index in [2.05, 4.69) is 26.0 Å². The van der Waals surface area contributed by atoms with Crippen LogP contribution < -0.4 is 20.9 Å². The largest absolute Gasteiger partial charge is 0.493 e. The number of rotatable bonds is 14. The van der Waals surface area contributed by atoms with Gasteiger partial charge in [-0.25, -0.2) is 0 Å². The molecule has 4 nitrogen and oxygen atoms in total. The number of ether oxygens (including phenoxy) is 2. The van der Waals surface area contributed by atoms with Crippen LogP contribution in [0.1, 0.15) is 65.2 Å². The third-order valence-electron chi connectivity index (χ3n) is 6.04. The van der Waals surface area contributed by atoms with Gasteiger partial charge in [-0.15, -0.1) is 0 Å². The molecule has 182 valence electrons. The SMILES string of the molecule is CCCCCCOc1cc(-c2ccc(N)cc2)c(OCCCCCC)cc1-c1ccc(N)cc1. The van der Waals surface area contributed by atoms with E-state index in [0.29, 0.717) is 13.2 Å². The van der Waals surface area contributed by atoms with Crippen LogP contribution in [0.2, 0.25) is 0 Å². The Bertz CT molecular complexity index is 914. The summed E-state index contributed by atoms with van der Waals surface area (Å²) in [5.41, 5.74) is 17.6. The fourth-order valence-electron chi connectivity index (χ4n) is 4.00. The van der Waals surface area contributed by atoms with Crippen LogP contribution in [-0.4, -0.2) is 13.2 Å². The Morgan fingerprint density at radius 2 is 0.912 bits per heavy atom. The van der Waals surface area contributed by atoms with Crippen LogP contribution in [0.25, 0.3) is 22.3 Å². The summed E-state index contributed by atoms with van der Waals surface area (Å²) in [5, 5.41) is 0. The van der Waals surface area contributed by atoms with Crippen molar-refractivity contribution in [1.29, 1.82) is 0 Å². The summed E-state index contributed by atoms with van der Waals surface area (Å²) in [4.78, 5) is 0. The van der Waals surface area contributed by atoms with E-state index < -0.39 is 0 Å². The molecular weight excluding hydrogens is 420 g/mol. The minimum atomic E-state index is 0.695. The lowest BCUT2D eigenvalue weighted by Gasteiger charge is -2.19. The first-order chi connectivity index (χ1) is 16.6. The molecule has 0 aromatic heterocycles. The first-order valence-electron chi connectivity index (χ1n) is 12.8. The maximum absolute atomic E-state index is 6.36. The van der Waals surface area contributed by atoms with Crippen molar-refractivity contribution >= 4 is 11.4 Å². The molecule has 0 atom stereocenters. The highest BCUT2D eigenvalue weighted by atomic mass is 16.5. The van der Waals surface area contributed by atoms with Crippen molar-refractivity contribution in [2.45, 2.75) is 65.2 Å². The monoisotopic (exact) mass is 460 g/mol. The van der Waals surface area contributed by atoms with E-state index >= 15 is 0 Å². The van der Waals surface area contributed by atoms with Crippen molar-refractivity contribution in [2.24, 2.45) is 0 Å². The molecule has 0 aliphatic rings. The fraction of sp³-hybridized carbons (Fsp3) is 0.400. The second-order valence-corrected chi connectivity index (χ2v) is 8.91. The molecule has 3 rings (SSSR count). The zero-order valence-corrected chi connectivity index (χ0v) is 20.8. The second-order valence-electron chi connectivity index (χ2n) is 8.91. The van der Waals surface area contributed by atoms with Crippen LogP contribution in [0.4, 0.5) is 11.4 Å². The average molecular weight is 461 g/mol. The maximum Gasteiger partial charge on any atom is 0.128 e. The third kappa shape index (κ3) is 7.44. The maximum atomic E-state index is 6.36. The van der Waals surface area contributed by atoms with E-state index in [1.54, 1.807) is 0 Å².